The number of methoxy groups -OCH3 is 2. The van der Waals surface area contributed by atoms with Gasteiger partial charge in [-0.1, -0.05) is 0 Å². The average Bonchev–Trinajstić information content (AvgIpc) is 2.17. The van der Waals surface area contributed by atoms with Crippen LogP contribution in [0.15, 0.2) is 12.3 Å². The van der Waals surface area contributed by atoms with E-state index in [0.29, 0.717) is 5.82 Å². The maximum atomic E-state index is 5.22. The molecule has 1 heterocycles. The van der Waals surface area contributed by atoms with Gasteiger partial charge in [0.1, 0.15) is 11.5 Å². The highest BCUT2D eigenvalue weighted by atomic mass is 16.7. The number of hydrogen-bond acceptors (Lipinski definition) is 4. The molecule has 0 saturated heterocycles. The molecule has 72 valence electrons. The molecular weight excluding hydrogens is 168 g/mol. The molecule has 0 radical (unpaired) electrons. The molecule has 1 rings (SSSR count). The van der Waals surface area contributed by atoms with Crippen molar-refractivity contribution in [2.24, 2.45) is 0 Å². The van der Waals surface area contributed by atoms with E-state index in [4.69, 9.17) is 9.47 Å². The Morgan fingerprint density at radius 1 is 1.31 bits per heavy atom. The monoisotopic (exact) mass is 182 g/mol. The van der Waals surface area contributed by atoms with Crippen LogP contribution in [-0.2, 0) is 15.3 Å². The first-order chi connectivity index (χ1) is 6.12. The van der Waals surface area contributed by atoms with E-state index in [0.717, 1.165) is 5.69 Å². The zero-order valence-electron chi connectivity index (χ0n) is 8.37. The first-order valence-electron chi connectivity index (χ1n) is 4.03. The van der Waals surface area contributed by atoms with Crippen molar-refractivity contribution in [3.8, 4) is 0 Å². The molecule has 13 heavy (non-hydrogen) atoms. The van der Waals surface area contributed by atoms with Crippen LogP contribution in [0.2, 0.25) is 0 Å². The Hall–Kier alpha value is -1.00. The third-order valence-electron chi connectivity index (χ3n) is 2.02. The predicted molar refractivity (Wildman–Crippen MR) is 48.1 cm³/mol. The van der Waals surface area contributed by atoms with Gasteiger partial charge in [0.2, 0.25) is 5.79 Å². The summed E-state index contributed by atoms with van der Waals surface area (Å²) in [5, 5.41) is 0. The summed E-state index contributed by atoms with van der Waals surface area (Å²) >= 11 is 0. The van der Waals surface area contributed by atoms with Gasteiger partial charge in [0.15, 0.2) is 0 Å². The molecule has 0 aliphatic carbocycles. The standard InChI is InChI=1S/C9H14N2O2/c1-7-10-6-5-8(11-7)9(2,12-3)13-4/h5-6H,1-4H3. The fourth-order valence-corrected chi connectivity index (χ4v) is 1.00. The van der Waals surface area contributed by atoms with E-state index in [9.17, 15) is 0 Å². The van der Waals surface area contributed by atoms with Crippen molar-refractivity contribution >= 4 is 0 Å². The second-order valence-electron chi connectivity index (χ2n) is 2.84. The summed E-state index contributed by atoms with van der Waals surface area (Å²) in [5.74, 6) is -0.0777. The van der Waals surface area contributed by atoms with Crippen LogP contribution in [0.4, 0.5) is 0 Å². The van der Waals surface area contributed by atoms with Crippen LogP contribution in [0, 0.1) is 6.92 Å². The SMILES string of the molecule is COC(C)(OC)c1ccnc(C)n1. The van der Waals surface area contributed by atoms with E-state index in [2.05, 4.69) is 9.97 Å². The molecule has 4 nitrogen and oxygen atoms in total. The summed E-state index contributed by atoms with van der Waals surface area (Å²) in [7, 11) is 3.17. The van der Waals surface area contributed by atoms with E-state index in [-0.39, 0.29) is 0 Å². The second kappa shape index (κ2) is 3.81. The molecule has 4 heteroatoms. The summed E-state index contributed by atoms with van der Waals surface area (Å²) in [4.78, 5) is 8.23. The maximum Gasteiger partial charge on any atom is 0.208 e. The summed E-state index contributed by atoms with van der Waals surface area (Å²) in [6.45, 7) is 3.64. The van der Waals surface area contributed by atoms with Crippen molar-refractivity contribution < 1.29 is 9.47 Å². The minimum atomic E-state index is -0.784. The highest BCUT2D eigenvalue weighted by Crippen LogP contribution is 2.22. The lowest BCUT2D eigenvalue weighted by Crippen LogP contribution is -2.28. The van der Waals surface area contributed by atoms with Gasteiger partial charge in [0.05, 0.1) is 0 Å². The van der Waals surface area contributed by atoms with Gasteiger partial charge in [0, 0.05) is 20.4 Å². The number of ether oxygens (including phenoxy) is 2. The minimum Gasteiger partial charge on any atom is -0.348 e. The molecule has 1 aromatic rings. The van der Waals surface area contributed by atoms with Crippen LogP contribution in [0.1, 0.15) is 18.4 Å². The third-order valence-corrected chi connectivity index (χ3v) is 2.02. The van der Waals surface area contributed by atoms with Crippen molar-refractivity contribution in [2.45, 2.75) is 19.6 Å². The zero-order valence-corrected chi connectivity index (χ0v) is 8.37. The van der Waals surface area contributed by atoms with E-state index in [1.165, 1.54) is 0 Å². The molecular formula is C9H14N2O2. The van der Waals surface area contributed by atoms with E-state index in [1.54, 1.807) is 26.5 Å². The van der Waals surface area contributed by atoms with Crippen LogP contribution in [0.5, 0.6) is 0 Å². The quantitative estimate of drug-likeness (QED) is 0.660. The van der Waals surface area contributed by atoms with Crippen LogP contribution < -0.4 is 0 Å². The second-order valence-corrected chi connectivity index (χ2v) is 2.84. The van der Waals surface area contributed by atoms with Gasteiger partial charge in [-0.2, -0.15) is 0 Å². The lowest BCUT2D eigenvalue weighted by molar-refractivity contribution is -0.204. The Bertz CT molecular complexity index is 285. The van der Waals surface area contributed by atoms with Crippen molar-refractivity contribution in [1.29, 1.82) is 0 Å². The smallest absolute Gasteiger partial charge is 0.208 e. The molecule has 1 aromatic heterocycles. The minimum absolute atomic E-state index is 0.706. The van der Waals surface area contributed by atoms with E-state index in [1.807, 2.05) is 13.8 Å². The normalized spacial score (nSPS) is 11.7. The largest absolute Gasteiger partial charge is 0.348 e. The average molecular weight is 182 g/mol. The number of aromatic nitrogens is 2. The maximum absolute atomic E-state index is 5.22. The Labute approximate surface area is 77.9 Å². The lowest BCUT2D eigenvalue weighted by Gasteiger charge is -2.25. The molecule has 0 bridgehead atoms. The molecule has 0 atom stereocenters. The topological polar surface area (TPSA) is 44.2 Å². The van der Waals surface area contributed by atoms with Crippen molar-refractivity contribution in [2.75, 3.05) is 14.2 Å². The van der Waals surface area contributed by atoms with Crippen LogP contribution in [0.25, 0.3) is 0 Å². The Balaban J connectivity index is 3.05. The molecule has 0 aromatic carbocycles. The number of aryl methyl sites for hydroxylation is 1. The van der Waals surface area contributed by atoms with Gasteiger partial charge in [0.25, 0.3) is 0 Å². The molecule has 0 amide bonds. The van der Waals surface area contributed by atoms with Crippen molar-refractivity contribution in [3.05, 3.63) is 23.8 Å². The molecule has 0 N–H and O–H groups in total. The molecule has 0 aliphatic rings. The third kappa shape index (κ3) is 2.02. The van der Waals surface area contributed by atoms with Gasteiger partial charge in [-0.15, -0.1) is 0 Å². The van der Waals surface area contributed by atoms with Crippen molar-refractivity contribution in [3.63, 3.8) is 0 Å². The van der Waals surface area contributed by atoms with Gasteiger partial charge in [-0.05, 0) is 19.9 Å². The fourth-order valence-electron chi connectivity index (χ4n) is 1.00. The molecule has 0 spiro atoms. The Morgan fingerprint density at radius 2 is 1.92 bits per heavy atom. The first-order valence-corrected chi connectivity index (χ1v) is 4.03. The summed E-state index contributed by atoms with van der Waals surface area (Å²) in [6, 6.07) is 1.78. The van der Waals surface area contributed by atoms with Gasteiger partial charge < -0.3 is 9.47 Å². The number of rotatable bonds is 3. The molecule has 0 aliphatic heterocycles. The number of nitrogens with zero attached hydrogens (tertiary/aromatic N) is 2. The van der Waals surface area contributed by atoms with Gasteiger partial charge >= 0.3 is 0 Å². The first kappa shape index (κ1) is 10.1. The van der Waals surface area contributed by atoms with Crippen LogP contribution in [-0.4, -0.2) is 24.2 Å². The molecule has 0 unspecified atom stereocenters. The lowest BCUT2D eigenvalue weighted by atomic mass is 10.2. The fraction of sp³-hybridized carbons (Fsp3) is 0.556. The van der Waals surface area contributed by atoms with Crippen LogP contribution in [0.3, 0.4) is 0 Å². The van der Waals surface area contributed by atoms with Gasteiger partial charge in [-0.3, -0.25) is 0 Å². The summed E-state index contributed by atoms with van der Waals surface area (Å²) in [6.07, 6.45) is 1.69. The molecule has 0 saturated carbocycles. The van der Waals surface area contributed by atoms with Crippen LogP contribution >= 0.6 is 0 Å². The highest BCUT2D eigenvalue weighted by Gasteiger charge is 2.27. The van der Waals surface area contributed by atoms with E-state index >= 15 is 0 Å². The van der Waals surface area contributed by atoms with Crippen molar-refractivity contribution in [1.82, 2.24) is 9.97 Å². The zero-order chi connectivity index (χ0) is 9.90. The highest BCUT2D eigenvalue weighted by molar-refractivity contribution is 5.07. The summed E-state index contributed by atoms with van der Waals surface area (Å²) < 4.78 is 10.4. The Morgan fingerprint density at radius 3 is 2.38 bits per heavy atom. The Kier molecular flexibility index (Phi) is 2.95. The van der Waals surface area contributed by atoms with E-state index < -0.39 is 5.79 Å². The summed E-state index contributed by atoms with van der Waals surface area (Å²) in [5.41, 5.74) is 0.727. The molecule has 0 fully saturated rings. The predicted octanol–water partition coefficient (Wildman–Crippen LogP) is 1.25. The van der Waals surface area contributed by atoms with Gasteiger partial charge in [-0.25, -0.2) is 9.97 Å². The number of hydrogen-bond donors (Lipinski definition) is 0.